The van der Waals surface area contributed by atoms with Crippen molar-refractivity contribution in [3.8, 4) is 0 Å². The minimum absolute atomic E-state index is 0.00569. The van der Waals surface area contributed by atoms with E-state index in [4.69, 9.17) is 9.47 Å². The highest BCUT2D eigenvalue weighted by molar-refractivity contribution is 5.83. The lowest BCUT2D eigenvalue weighted by atomic mass is 9.78. The summed E-state index contributed by atoms with van der Waals surface area (Å²) in [6, 6.07) is 9.20. The van der Waals surface area contributed by atoms with Gasteiger partial charge in [-0.2, -0.15) is 0 Å². The summed E-state index contributed by atoms with van der Waals surface area (Å²) in [7, 11) is 0. The van der Waals surface area contributed by atoms with Gasteiger partial charge >= 0.3 is 11.9 Å². The fourth-order valence-electron chi connectivity index (χ4n) is 2.51. The predicted molar refractivity (Wildman–Crippen MR) is 90.1 cm³/mol. The van der Waals surface area contributed by atoms with E-state index in [1.165, 1.54) is 6.92 Å². The van der Waals surface area contributed by atoms with Crippen LogP contribution >= 0.6 is 0 Å². The lowest BCUT2D eigenvalue weighted by Crippen LogP contribution is -2.24. The molecule has 2 atom stereocenters. The Morgan fingerprint density at radius 1 is 1.17 bits per heavy atom. The van der Waals surface area contributed by atoms with Crippen LogP contribution in [-0.2, 0) is 23.9 Å². The van der Waals surface area contributed by atoms with E-state index < -0.39 is 23.8 Å². The Morgan fingerprint density at radius 3 is 2.25 bits per heavy atom. The molecule has 24 heavy (non-hydrogen) atoms. The molecular weight excluding hydrogens is 308 g/mol. The largest absolute Gasteiger partial charge is 0.463 e. The van der Waals surface area contributed by atoms with Crippen molar-refractivity contribution in [2.75, 3.05) is 6.61 Å². The number of carbonyl (C=O) groups excluding carboxylic acids is 3. The van der Waals surface area contributed by atoms with Gasteiger partial charge in [-0.15, -0.1) is 0 Å². The Hall–Kier alpha value is -2.43. The molecule has 5 nitrogen and oxygen atoms in total. The second-order valence-electron chi connectivity index (χ2n) is 5.74. The molecule has 0 bridgehead atoms. The first-order chi connectivity index (χ1) is 11.4. The molecule has 0 heterocycles. The van der Waals surface area contributed by atoms with Crippen LogP contribution in [0.3, 0.4) is 0 Å². The summed E-state index contributed by atoms with van der Waals surface area (Å²) in [5.41, 5.74) is 0.792. The number of hydrogen-bond donors (Lipinski definition) is 0. The van der Waals surface area contributed by atoms with E-state index in [1.54, 1.807) is 6.92 Å². The average Bonchev–Trinajstić information content (AvgIpc) is 2.52. The standard InChI is InChI=1S/C19H24O5/c1-5-23-18(22)11-17(24-14(4)21)19(16(12-20)13(2)3)15-9-7-6-8-10-15/h6-13,16,19H,5H2,1-4H3/b17-11-/t16-,19-/m1/s1. The molecule has 0 aliphatic rings. The van der Waals surface area contributed by atoms with Crippen molar-refractivity contribution in [2.45, 2.75) is 33.6 Å². The van der Waals surface area contributed by atoms with E-state index in [9.17, 15) is 14.4 Å². The highest BCUT2D eigenvalue weighted by atomic mass is 16.5. The topological polar surface area (TPSA) is 69.7 Å². The van der Waals surface area contributed by atoms with Gasteiger partial charge in [-0.3, -0.25) is 4.79 Å². The summed E-state index contributed by atoms with van der Waals surface area (Å²) in [6.07, 6.45) is 1.99. The number of ether oxygens (including phenoxy) is 2. The molecule has 5 heteroatoms. The van der Waals surface area contributed by atoms with E-state index in [2.05, 4.69) is 0 Å². The first-order valence-electron chi connectivity index (χ1n) is 7.97. The molecule has 0 unspecified atom stereocenters. The second-order valence-corrected chi connectivity index (χ2v) is 5.74. The molecule has 1 aromatic rings. The van der Waals surface area contributed by atoms with Gasteiger partial charge in [-0.25, -0.2) is 4.79 Å². The number of benzene rings is 1. The van der Waals surface area contributed by atoms with Crippen molar-refractivity contribution in [2.24, 2.45) is 11.8 Å². The number of esters is 2. The summed E-state index contributed by atoms with van der Waals surface area (Å²) in [6.45, 7) is 6.97. The second kappa shape index (κ2) is 9.65. The maximum Gasteiger partial charge on any atom is 0.334 e. The summed E-state index contributed by atoms with van der Waals surface area (Å²) < 4.78 is 10.2. The van der Waals surface area contributed by atoms with E-state index in [0.29, 0.717) is 0 Å². The normalized spacial score (nSPS) is 14.0. The Morgan fingerprint density at radius 2 is 1.79 bits per heavy atom. The molecule has 0 saturated carbocycles. The molecule has 0 aliphatic carbocycles. The van der Waals surface area contributed by atoms with Gasteiger partial charge in [0.2, 0.25) is 0 Å². The van der Waals surface area contributed by atoms with Gasteiger partial charge in [0, 0.05) is 12.8 Å². The van der Waals surface area contributed by atoms with E-state index in [-0.39, 0.29) is 18.3 Å². The molecule has 1 aromatic carbocycles. The van der Waals surface area contributed by atoms with Crippen molar-refractivity contribution in [3.63, 3.8) is 0 Å². The van der Waals surface area contributed by atoms with Crippen LogP contribution in [0.1, 0.15) is 39.2 Å². The van der Waals surface area contributed by atoms with Crippen LogP contribution in [0.5, 0.6) is 0 Å². The quantitative estimate of drug-likeness (QED) is 0.316. The van der Waals surface area contributed by atoms with Crippen molar-refractivity contribution in [3.05, 3.63) is 47.7 Å². The van der Waals surface area contributed by atoms with Crippen molar-refractivity contribution in [1.29, 1.82) is 0 Å². The van der Waals surface area contributed by atoms with Gasteiger partial charge in [0.25, 0.3) is 0 Å². The summed E-state index contributed by atoms with van der Waals surface area (Å²) in [5, 5.41) is 0. The first kappa shape index (κ1) is 19.6. The zero-order chi connectivity index (χ0) is 18.1. The number of hydrogen-bond acceptors (Lipinski definition) is 5. The molecule has 0 aliphatic heterocycles. The maximum atomic E-state index is 11.9. The van der Waals surface area contributed by atoms with Gasteiger partial charge in [0.1, 0.15) is 12.0 Å². The Labute approximate surface area is 142 Å². The van der Waals surface area contributed by atoms with E-state index in [1.807, 2.05) is 44.2 Å². The highest BCUT2D eigenvalue weighted by Gasteiger charge is 2.31. The van der Waals surface area contributed by atoms with Crippen molar-refractivity contribution >= 4 is 18.2 Å². The van der Waals surface area contributed by atoms with Gasteiger partial charge in [-0.1, -0.05) is 44.2 Å². The molecule has 130 valence electrons. The molecule has 0 amide bonds. The molecule has 0 fully saturated rings. The predicted octanol–water partition coefficient (Wildman–Crippen LogP) is 3.25. The lowest BCUT2D eigenvalue weighted by molar-refractivity contribution is -0.139. The third-order valence-electron chi connectivity index (χ3n) is 3.59. The Balaban J connectivity index is 3.41. The molecule has 0 spiro atoms. The van der Waals surface area contributed by atoms with Crippen molar-refractivity contribution in [1.82, 2.24) is 0 Å². The third kappa shape index (κ3) is 5.65. The maximum absolute atomic E-state index is 11.9. The monoisotopic (exact) mass is 332 g/mol. The molecule has 0 radical (unpaired) electrons. The van der Waals surface area contributed by atoms with Gasteiger partial charge in [-0.05, 0) is 18.4 Å². The number of carbonyl (C=O) groups is 3. The van der Waals surface area contributed by atoms with E-state index >= 15 is 0 Å². The van der Waals surface area contributed by atoms with Crippen LogP contribution in [0.25, 0.3) is 0 Å². The Kier molecular flexibility index (Phi) is 7.89. The van der Waals surface area contributed by atoms with Gasteiger partial charge in [0.05, 0.1) is 18.6 Å². The van der Waals surface area contributed by atoms with Gasteiger partial charge in [0.15, 0.2) is 0 Å². The molecule has 1 rings (SSSR count). The van der Waals surface area contributed by atoms with Crippen LogP contribution in [0, 0.1) is 11.8 Å². The minimum Gasteiger partial charge on any atom is -0.463 e. The smallest absolute Gasteiger partial charge is 0.334 e. The van der Waals surface area contributed by atoms with Crippen LogP contribution in [0.2, 0.25) is 0 Å². The molecule has 0 N–H and O–H groups in total. The SMILES string of the molecule is CCOC(=O)/C=C(\OC(C)=O)[C@H](c1ccccc1)[C@H](C=O)C(C)C. The molecule has 0 aromatic heterocycles. The molecular formula is C19H24O5. The minimum atomic E-state index is -0.608. The summed E-state index contributed by atoms with van der Waals surface area (Å²) in [4.78, 5) is 35.1. The zero-order valence-corrected chi connectivity index (χ0v) is 14.5. The lowest BCUT2D eigenvalue weighted by Gasteiger charge is -2.27. The fraction of sp³-hybridized carbons (Fsp3) is 0.421. The third-order valence-corrected chi connectivity index (χ3v) is 3.59. The summed E-state index contributed by atoms with van der Waals surface area (Å²) >= 11 is 0. The van der Waals surface area contributed by atoms with Crippen LogP contribution in [0.4, 0.5) is 0 Å². The average molecular weight is 332 g/mol. The number of rotatable bonds is 8. The Bertz CT molecular complexity index is 589. The first-order valence-corrected chi connectivity index (χ1v) is 7.97. The fourth-order valence-corrected chi connectivity index (χ4v) is 2.51. The summed E-state index contributed by atoms with van der Waals surface area (Å²) in [5.74, 6) is -2.04. The van der Waals surface area contributed by atoms with Crippen LogP contribution in [0.15, 0.2) is 42.2 Å². The highest BCUT2D eigenvalue weighted by Crippen LogP contribution is 2.36. The number of allylic oxidation sites excluding steroid dienone is 1. The van der Waals surface area contributed by atoms with Crippen molar-refractivity contribution < 1.29 is 23.9 Å². The van der Waals surface area contributed by atoms with Crippen LogP contribution in [-0.4, -0.2) is 24.8 Å². The molecule has 0 saturated heterocycles. The number of aldehydes is 1. The van der Waals surface area contributed by atoms with Crippen LogP contribution < -0.4 is 0 Å². The van der Waals surface area contributed by atoms with Gasteiger partial charge < -0.3 is 14.3 Å². The zero-order valence-electron chi connectivity index (χ0n) is 14.5. The van der Waals surface area contributed by atoms with E-state index in [0.717, 1.165) is 17.9 Å².